The third kappa shape index (κ3) is 4.88. The van der Waals surface area contributed by atoms with Gasteiger partial charge in [0.2, 0.25) is 0 Å². The van der Waals surface area contributed by atoms with Gasteiger partial charge in [-0.2, -0.15) is 0 Å². The monoisotopic (exact) mass is 297 g/mol. The Morgan fingerprint density at radius 1 is 1.10 bits per heavy atom. The van der Waals surface area contributed by atoms with E-state index in [2.05, 4.69) is 17.3 Å². The van der Waals surface area contributed by atoms with Gasteiger partial charge in [-0.25, -0.2) is 4.79 Å². The first-order valence-corrected chi connectivity index (χ1v) is 8.00. The minimum absolute atomic E-state index is 0.0354. The zero-order valence-electron chi connectivity index (χ0n) is 12.9. The van der Waals surface area contributed by atoms with Crippen LogP contribution in [0.4, 0.5) is 4.79 Å². The summed E-state index contributed by atoms with van der Waals surface area (Å²) in [4.78, 5) is 27.0. The number of hydrogen-bond donors (Lipinski definition) is 2. The molecule has 6 heteroatoms. The third-order valence-corrected chi connectivity index (χ3v) is 4.80. The van der Waals surface area contributed by atoms with Crippen LogP contribution in [0.5, 0.6) is 0 Å². The van der Waals surface area contributed by atoms with Gasteiger partial charge in [0, 0.05) is 19.6 Å². The van der Waals surface area contributed by atoms with Crippen LogP contribution < -0.4 is 5.32 Å². The molecule has 0 aromatic rings. The van der Waals surface area contributed by atoms with Gasteiger partial charge < -0.3 is 20.2 Å². The van der Waals surface area contributed by atoms with Crippen LogP contribution in [0.15, 0.2) is 0 Å². The highest BCUT2D eigenvalue weighted by atomic mass is 16.4. The molecule has 2 aliphatic rings. The Kier molecular flexibility index (Phi) is 5.85. The van der Waals surface area contributed by atoms with E-state index in [0.29, 0.717) is 25.9 Å². The molecule has 2 amide bonds. The van der Waals surface area contributed by atoms with E-state index in [1.165, 1.54) is 12.8 Å². The van der Waals surface area contributed by atoms with Crippen LogP contribution in [0.2, 0.25) is 0 Å². The maximum absolute atomic E-state index is 12.0. The number of urea groups is 1. The highest BCUT2D eigenvalue weighted by molar-refractivity contribution is 5.75. The molecule has 2 heterocycles. The molecule has 21 heavy (non-hydrogen) atoms. The van der Waals surface area contributed by atoms with Gasteiger partial charge in [0.05, 0.1) is 5.92 Å². The molecule has 0 saturated carbocycles. The normalized spacial score (nSPS) is 22.2. The highest BCUT2D eigenvalue weighted by Crippen LogP contribution is 2.19. The van der Waals surface area contributed by atoms with E-state index in [9.17, 15) is 9.59 Å². The van der Waals surface area contributed by atoms with Crippen molar-refractivity contribution in [3.8, 4) is 0 Å². The Morgan fingerprint density at radius 3 is 2.29 bits per heavy atom. The molecule has 120 valence electrons. The molecule has 0 unspecified atom stereocenters. The summed E-state index contributed by atoms with van der Waals surface area (Å²) in [5, 5.41) is 11.9. The molecule has 0 aliphatic carbocycles. The van der Waals surface area contributed by atoms with Gasteiger partial charge in [0.1, 0.15) is 0 Å². The zero-order valence-corrected chi connectivity index (χ0v) is 12.9. The molecule has 2 N–H and O–H groups in total. The number of hydrogen-bond acceptors (Lipinski definition) is 3. The molecular formula is C15H27N3O3. The van der Waals surface area contributed by atoms with E-state index in [1.807, 2.05) is 0 Å². The summed E-state index contributed by atoms with van der Waals surface area (Å²) in [5.41, 5.74) is 0. The first-order chi connectivity index (χ1) is 10.1. The number of carboxylic acid groups (broad SMARTS) is 1. The fraction of sp³-hybridized carbons (Fsp3) is 0.867. The average Bonchev–Trinajstić information content (AvgIpc) is 2.49. The maximum Gasteiger partial charge on any atom is 0.317 e. The molecule has 0 radical (unpaired) electrons. The molecular weight excluding hydrogens is 270 g/mol. The van der Waals surface area contributed by atoms with Gasteiger partial charge >= 0.3 is 12.0 Å². The quantitative estimate of drug-likeness (QED) is 0.818. The maximum atomic E-state index is 12.0. The molecule has 2 saturated heterocycles. The van der Waals surface area contributed by atoms with E-state index in [4.69, 9.17) is 5.11 Å². The van der Waals surface area contributed by atoms with Crippen molar-refractivity contribution in [1.29, 1.82) is 0 Å². The average molecular weight is 297 g/mol. The molecule has 0 atom stereocenters. The number of piperidine rings is 2. The van der Waals surface area contributed by atoms with Gasteiger partial charge in [0.15, 0.2) is 0 Å². The highest BCUT2D eigenvalue weighted by Gasteiger charge is 2.26. The standard InChI is InChI=1S/C15H27N3O3/c1-17-8-3-12(4-9-17)2-7-16-15(21)18-10-5-13(6-11-18)14(19)20/h12-13H,2-11H2,1H3,(H,16,21)(H,19,20). The summed E-state index contributed by atoms with van der Waals surface area (Å²) in [6.07, 6.45) is 4.62. The van der Waals surface area contributed by atoms with Crippen molar-refractivity contribution >= 4 is 12.0 Å². The lowest BCUT2D eigenvalue weighted by atomic mass is 9.94. The number of amides is 2. The number of nitrogens with zero attached hydrogens (tertiary/aromatic N) is 2. The SMILES string of the molecule is CN1CCC(CCNC(=O)N2CCC(C(=O)O)CC2)CC1. The lowest BCUT2D eigenvalue weighted by molar-refractivity contribution is -0.143. The van der Waals surface area contributed by atoms with Gasteiger partial charge in [-0.15, -0.1) is 0 Å². The minimum Gasteiger partial charge on any atom is -0.481 e. The lowest BCUT2D eigenvalue weighted by Gasteiger charge is -2.31. The van der Waals surface area contributed by atoms with Crippen molar-refractivity contribution < 1.29 is 14.7 Å². The summed E-state index contributed by atoms with van der Waals surface area (Å²) in [6.45, 7) is 4.14. The summed E-state index contributed by atoms with van der Waals surface area (Å²) in [7, 11) is 2.15. The van der Waals surface area contributed by atoms with Crippen molar-refractivity contribution in [2.24, 2.45) is 11.8 Å². The Bertz CT molecular complexity index is 359. The fourth-order valence-electron chi connectivity index (χ4n) is 3.18. The predicted molar refractivity (Wildman–Crippen MR) is 80.2 cm³/mol. The molecule has 2 fully saturated rings. The van der Waals surface area contributed by atoms with Crippen molar-refractivity contribution in [1.82, 2.24) is 15.1 Å². The molecule has 2 rings (SSSR count). The molecule has 6 nitrogen and oxygen atoms in total. The Morgan fingerprint density at radius 2 is 1.71 bits per heavy atom. The van der Waals surface area contributed by atoms with Gasteiger partial charge in [-0.05, 0) is 58.2 Å². The summed E-state index contributed by atoms with van der Waals surface area (Å²) >= 11 is 0. The van der Waals surface area contributed by atoms with Gasteiger partial charge in [-0.1, -0.05) is 0 Å². The van der Waals surface area contributed by atoms with Crippen LogP contribution in [0.1, 0.15) is 32.1 Å². The van der Waals surface area contributed by atoms with Crippen molar-refractivity contribution in [2.45, 2.75) is 32.1 Å². The predicted octanol–water partition coefficient (Wildman–Crippen LogP) is 1.22. The molecule has 0 aromatic heterocycles. The summed E-state index contributed by atoms with van der Waals surface area (Å²) < 4.78 is 0. The van der Waals surface area contributed by atoms with Crippen LogP contribution in [0.3, 0.4) is 0 Å². The second-order valence-corrected chi connectivity index (χ2v) is 6.37. The smallest absolute Gasteiger partial charge is 0.317 e. The van der Waals surface area contributed by atoms with E-state index in [0.717, 1.165) is 32.0 Å². The Hall–Kier alpha value is -1.30. The zero-order chi connectivity index (χ0) is 15.2. The molecule has 0 bridgehead atoms. The number of rotatable bonds is 4. The number of nitrogens with one attached hydrogen (secondary N) is 1. The molecule has 0 aromatic carbocycles. The second kappa shape index (κ2) is 7.64. The van der Waals surface area contributed by atoms with E-state index in [1.54, 1.807) is 4.90 Å². The van der Waals surface area contributed by atoms with Crippen molar-refractivity contribution in [2.75, 3.05) is 39.8 Å². The number of carbonyl (C=O) groups excluding carboxylic acids is 1. The van der Waals surface area contributed by atoms with Crippen molar-refractivity contribution in [3.63, 3.8) is 0 Å². The van der Waals surface area contributed by atoms with Crippen molar-refractivity contribution in [3.05, 3.63) is 0 Å². The van der Waals surface area contributed by atoms with E-state index in [-0.39, 0.29) is 11.9 Å². The molecule has 2 aliphatic heterocycles. The van der Waals surface area contributed by atoms with Crippen LogP contribution in [-0.4, -0.2) is 66.7 Å². The van der Waals surface area contributed by atoms with Crippen LogP contribution in [0, 0.1) is 11.8 Å². The largest absolute Gasteiger partial charge is 0.481 e. The first-order valence-electron chi connectivity index (χ1n) is 8.00. The number of aliphatic carboxylic acids is 1. The Balaban J connectivity index is 1.61. The topological polar surface area (TPSA) is 72.9 Å². The van der Waals surface area contributed by atoms with Gasteiger partial charge in [-0.3, -0.25) is 4.79 Å². The summed E-state index contributed by atoms with van der Waals surface area (Å²) in [5.74, 6) is -0.301. The van der Waals surface area contributed by atoms with E-state index < -0.39 is 5.97 Å². The third-order valence-electron chi connectivity index (χ3n) is 4.80. The van der Waals surface area contributed by atoms with E-state index >= 15 is 0 Å². The summed E-state index contributed by atoms with van der Waals surface area (Å²) in [6, 6.07) is -0.0354. The second-order valence-electron chi connectivity index (χ2n) is 6.37. The number of carboxylic acids is 1. The minimum atomic E-state index is -0.739. The fourth-order valence-corrected chi connectivity index (χ4v) is 3.18. The molecule has 0 spiro atoms. The van der Waals surface area contributed by atoms with Crippen LogP contribution in [-0.2, 0) is 4.79 Å². The van der Waals surface area contributed by atoms with Crippen LogP contribution >= 0.6 is 0 Å². The first kappa shape index (κ1) is 16.1. The van der Waals surface area contributed by atoms with Gasteiger partial charge in [0.25, 0.3) is 0 Å². The van der Waals surface area contributed by atoms with Crippen LogP contribution in [0.25, 0.3) is 0 Å². The number of carbonyl (C=O) groups is 2. The Labute approximate surface area is 126 Å². The number of likely N-dealkylation sites (tertiary alicyclic amines) is 2. The lowest BCUT2D eigenvalue weighted by Crippen LogP contribution is -2.46.